The number of halogens is 3. The molecule has 1 saturated heterocycles. The highest BCUT2D eigenvalue weighted by molar-refractivity contribution is 5.54. The van der Waals surface area contributed by atoms with E-state index in [0.29, 0.717) is 31.7 Å². The van der Waals surface area contributed by atoms with Crippen molar-refractivity contribution >= 4 is 11.4 Å². The average Bonchev–Trinajstić information content (AvgIpc) is 2.69. The molecule has 1 heterocycles. The van der Waals surface area contributed by atoms with Crippen molar-refractivity contribution in [2.75, 3.05) is 38.2 Å². The minimum atomic E-state index is -3.12. The largest absolute Gasteiger partial charge is 0.493 e. The van der Waals surface area contributed by atoms with Gasteiger partial charge in [-0.1, -0.05) is 0 Å². The van der Waals surface area contributed by atoms with Gasteiger partial charge in [0.2, 0.25) is 0 Å². The van der Waals surface area contributed by atoms with Crippen LogP contribution in [-0.2, 0) is 6.54 Å². The lowest BCUT2D eigenvalue weighted by Gasteiger charge is -2.36. The number of nitrogens with zero attached hydrogens (tertiary/aromatic N) is 3. The molecular weight excluding hydrogens is 391 g/mol. The lowest BCUT2D eigenvalue weighted by Crippen LogP contribution is -2.46. The Labute approximate surface area is 165 Å². The molecule has 0 atom stereocenters. The Morgan fingerprint density at radius 2 is 1.76 bits per heavy atom. The maximum atomic E-state index is 13.1. The molecule has 10 heteroatoms. The summed E-state index contributed by atoms with van der Waals surface area (Å²) in [7, 11) is 1.28. The molecule has 29 heavy (non-hydrogen) atoms. The topological polar surface area (TPSA) is 68.1 Å². The van der Waals surface area contributed by atoms with Crippen molar-refractivity contribution < 1.29 is 27.6 Å². The Kier molecular flexibility index (Phi) is 6.42. The van der Waals surface area contributed by atoms with Crippen molar-refractivity contribution in [1.82, 2.24) is 4.90 Å². The fraction of sp³-hybridized carbons (Fsp3) is 0.368. The van der Waals surface area contributed by atoms with Gasteiger partial charge in [0.25, 0.3) is 5.69 Å². The Hall–Kier alpha value is -3.01. The summed E-state index contributed by atoms with van der Waals surface area (Å²) in [6.45, 7) is -0.252. The van der Waals surface area contributed by atoms with Crippen LogP contribution in [0.3, 0.4) is 0 Å². The van der Waals surface area contributed by atoms with Gasteiger partial charge in [0.05, 0.1) is 18.1 Å². The van der Waals surface area contributed by atoms with Crippen LogP contribution in [0.5, 0.6) is 11.5 Å². The number of piperazine rings is 1. The van der Waals surface area contributed by atoms with Gasteiger partial charge in [-0.2, -0.15) is 8.78 Å². The van der Waals surface area contributed by atoms with Crippen LogP contribution in [0, 0.1) is 15.9 Å². The van der Waals surface area contributed by atoms with Gasteiger partial charge in [0.1, 0.15) is 5.82 Å². The fourth-order valence-corrected chi connectivity index (χ4v) is 3.29. The first-order valence-electron chi connectivity index (χ1n) is 8.90. The second kappa shape index (κ2) is 8.99. The van der Waals surface area contributed by atoms with E-state index in [4.69, 9.17) is 4.74 Å². The number of hydrogen-bond acceptors (Lipinski definition) is 6. The molecule has 0 saturated carbocycles. The minimum Gasteiger partial charge on any atom is -0.493 e. The third-order valence-corrected chi connectivity index (χ3v) is 4.74. The number of anilines is 1. The van der Waals surface area contributed by atoms with Gasteiger partial charge in [-0.25, -0.2) is 4.39 Å². The van der Waals surface area contributed by atoms with E-state index in [0.717, 1.165) is 11.8 Å². The first-order chi connectivity index (χ1) is 13.9. The van der Waals surface area contributed by atoms with Crippen molar-refractivity contribution in [3.8, 4) is 11.5 Å². The van der Waals surface area contributed by atoms with Gasteiger partial charge in [0, 0.05) is 44.0 Å². The van der Waals surface area contributed by atoms with Crippen LogP contribution in [0.2, 0.25) is 0 Å². The van der Waals surface area contributed by atoms with E-state index >= 15 is 0 Å². The number of nitro groups is 1. The molecule has 0 aromatic heterocycles. The van der Waals surface area contributed by atoms with Crippen LogP contribution in [0.25, 0.3) is 0 Å². The zero-order chi connectivity index (χ0) is 21.0. The van der Waals surface area contributed by atoms with Crippen LogP contribution in [-0.4, -0.2) is 49.7 Å². The summed E-state index contributed by atoms with van der Waals surface area (Å²) in [5.74, 6) is -0.664. The SMILES string of the molecule is COc1cc(CN2CCN(c3ccc(F)cc3)CC2)c([N+](=O)[O-])cc1OC(F)F. The monoisotopic (exact) mass is 411 g/mol. The number of rotatable bonds is 7. The van der Waals surface area contributed by atoms with Gasteiger partial charge in [0.15, 0.2) is 11.5 Å². The lowest BCUT2D eigenvalue weighted by molar-refractivity contribution is -0.385. The van der Waals surface area contributed by atoms with Crippen LogP contribution < -0.4 is 14.4 Å². The summed E-state index contributed by atoms with van der Waals surface area (Å²) >= 11 is 0. The Balaban J connectivity index is 1.72. The number of methoxy groups -OCH3 is 1. The number of hydrogen-bond donors (Lipinski definition) is 0. The molecule has 0 spiro atoms. The number of ether oxygens (including phenoxy) is 2. The standard InChI is InChI=1S/C19H20F3N3O4/c1-28-17-10-13(16(25(26)27)11-18(17)29-19(21)22)12-23-6-8-24(9-7-23)15-4-2-14(20)3-5-15/h2-5,10-11,19H,6-9,12H2,1H3. The van der Waals surface area contributed by atoms with Gasteiger partial charge in [-0.15, -0.1) is 0 Å². The zero-order valence-electron chi connectivity index (χ0n) is 15.7. The van der Waals surface area contributed by atoms with Crippen LogP contribution in [0.15, 0.2) is 36.4 Å². The Bertz CT molecular complexity index is 857. The number of nitro benzene ring substituents is 1. The van der Waals surface area contributed by atoms with Crippen molar-refractivity contribution in [2.24, 2.45) is 0 Å². The molecular formula is C19H20F3N3O4. The van der Waals surface area contributed by atoms with Crippen LogP contribution in [0.1, 0.15) is 5.56 Å². The number of alkyl halides is 2. The summed E-state index contributed by atoms with van der Waals surface area (Å²) in [6.07, 6.45) is 0. The van der Waals surface area contributed by atoms with E-state index in [1.54, 1.807) is 12.1 Å². The molecule has 1 aliphatic heterocycles. The Morgan fingerprint density at radius 1 is 1.10 bits per heavy atom. The molecule has 0 N–H and O–H groups in total. The van der Waals surface area contributed by atoms with E-state index in [1.165, 1.54) is 25.3 Å². The summed E-state index contributed by atoms with van der Waals surface area (Å²) < 4.78 is 47.6. The summed E-state index contributed by atoms with van der Waals surface area (Å²) in [5, 5.41) is 11.4. The van der Waals surface area contributed by atoms with E-state index in [-0.39, 0.29) is 29.5 Å². The van der Waals surface area contributed by atoms with Crippen LogP contribution in [0.4, 0.5) is 24.5 Å². The number of benzene rings is 2. The molecule has 2 aromatic carbocycles. The summed E-state index contributed by atoms with van der Waals surface area (Å²) in [5.41, 5.74) is 0.957. The van der Waals surface area contributed by atoms with Crippen molar-refractivity contribution in [3.05, 3.63) is 57.9 Å². The molecule has 7 nitrogen and oxygen atoms in total. The van der Waals surface area contributed by atoms with Gasteiger partial charge >= 0.3 is 6.61 Å². The van der Waals surface area contributed by atoms with Crippen molar-refractivity contribution in [2.45, 2.75) is 13.2 Å². The molecule has 3 rings (SSSR count). The second-order valence-electron chi connectivity index (χ2n) is 6.51. The highest BCUT2D eigenvalue weighted by Gasteiger charge is 2.25. The van der Waals surface area contributed by atoms with E-state index < -0.39 is 11.5 Å². The molecule has 0 aliphatic carbocycles. The molecule has 1 aliphatic rings. The second-order valence-corrected chi connectivity index (χ2v) is 6.51. The van der Waals surface area contributed by atoms with Crippen molar-refractivity contribution in [1.29, 1.82) is 0 Å². The maximum Gasteiger partial charge on any atom is 0.387 e. The summed E-state index contributed by atoms with van der Waals surface area (Å²) in [6, 6.07) is 8.56. The smallest absolute Gasteiger partial charge is 0.387 e. The zero-order valence-corrected chi connectivity index (χ0v) is 15.7. The molecule has 0 bridgehead atoms. The third-order valence-electron chi connectivity index (χ3n) is 4.74. The molecule has 0 amide bonds. The normalized spacial score (nSPS) is 14.9. The van der Waals surface area contributed by atoms with Gasteiger partial charge in [-0.05, 0) is 30.3 Å². The Morgan fingerprint density at radius 3 is 2.31 bits per heavy atom. The predicted octanol–water partition coefficient (Wildman–Crippen LogP) is 3.67. The first-order valence-corrected chi connectivity index (χ1v) is 8.90. The lowest BCUT2D eigenvalue weighted by atomic mass is 10.1. The van der Waals surface area contributed by atoms with Gasteiger partial charge in [-0.3, -0.25) is 15.0 Å². The maximum absolute atomic E-state index is 13.1. The van der Waals surface area contributed by atoms with Crippen molar-refractivity contribution in [3.63, 3.8) is 0 Å². The summed E-state index contributed by atoms with van der Waals surface area (Å²) in [4.78, 5) is 14.9. The van der Waals surface area contributed by atoms with E-state index in [1.807, 2.05) is 4.90 Å². The predicted molar refractivity (Wildman–Crippen MR) is 100 cm³/mol. The molecule has 1 fully saturated rings. The van der Waals surface area contributed by atoms with Crippen LogP contribution >= 0.6 is 0 Å². The van der Waals surface area contributed by atoms with E-state index in [9.17, 15) is 23.3 Å². The molecule has 156 valence electrons. The molecule has 0 unspecified atom stereocenters. The first kappa shape index (κ1) is 20.7. The third kappa shape index (κ3) is 5.08. The highest BCUT2D eigenvalue weighted by Crippen LogP contribution is 2.36. The highest BCUT2D eigenvalue weighted by atomic mass is 19.3. The fourth-order valence-electron chi connectivity index (χ4n) is 3.29. The molecule has 0 radical (unpaired) electrons. The quantitative estimate of drug-likeness (QED) is 0.512. The van der Waals surface area contributed by atoms with E-state index in [2.05, 4.69) is 9.64 Å². The minimum absolute atomic E-state index is 0.0100. The van der Waals surface area contributed by atoms with Gasteiger partial charge < -0.3 is 14.4 Å². The average molecular weight is 411 g/mol. The molecule has 2 aromatic rings.